The highest BCUT2D eigenvalue weighted by atomic mass is 32.2. The van der Waals surface area contributed by atoms with Crippen LogP contribution >= 0.6 is 23.1 Å². The van der Waals surface area contributed by atoms with Crippen molar-refractivity contribution in [1.29, 1.82) is 0 Å². The minimum absolute atomic E-state index is 0.222. The standard InChI is InChI=1S/C27H28N2O5S2/c1-6-33-21-14-17(8-13-20(21)32-4)15-22-25(30)29-24(18-9-11-19(35-5)12-10-18)23(26(31)34-7-2)16(3)28-27(29)36-22/h8-15,24H,6-7H2,1-5H3/b22-15-/t24-/m1/s1. The van der Waals surface area contributed by atoms with Crippen molar-refractivity contribution in [3.05, 3.63) is 84.5 Å². The van der Waals surface area contributed by atoms with Crippen LogP contribution in [0.5, 0.6) is 11.5 Å². The third-order valence-electron chi connectivity index (χ3n) is 5.73. The third kappa shape index (κ3) is 4.99. The lowest BCUT2D eigenvalue weighted by molar-refractivity contribution is -0.139. The molecular weight excluding hydrogens is 496 g/mol. The molecule has 2 aromatic carbocycles. The zero-order valence-electron chi connectivity index (χ0n) is 20.9. The summed E-state index contributed by atoms with van der Waals surface area (Å²) in [6, 6.07) is 12.8. The number of nitrogens with zero attached hydrogens (tertiary/aromatic N) is 2. The van der Waals surface area contributed by atoms with E-state index in [2.05, 4.69) is 4.99 Å². The minimum atomic E-state index is -0.631. The Kier molecular flexibility index (Phi) is 8.01. The average Bonchev–Trinajstić information content (AvgIpc) is 3.18. The first-order chi connectivity index (χ1) is 17.4. The van der Waals surface area contributed by atoms with E-state index in [1.165, 1.54) is 11.3 Å². The van der Waals surface area contributed by atoms with Gasteiger partial charge in [0.25, 0.3) is 5.56 Å². The second-order valence-electron chi connectivity index (χ2n) is 7.92. The van der Waals surface area contributed by atoms with Gasteiger partial charge in [0, 0.05) is 4.90 Å². The van der Waals surface area contributed by atoms with Crippen LogP contribution in [0.25, 0.3) is 6.08 Å². The molecule has 1 atom stereocenters. The Hall–Kier alpha value is -3.30. The monoisotopic (exact) mass is 524 g/mol. The Balaban J connectivity index is 1.90. The lowest BCUT2D eigenvalue weighted by Gasteiger charge is -2.24. The number of benzene rings is 2. The Bertz CT molecular complexity index is 1490. The fourth-order valence-corrected chi connectivity index (χ4v) is 5.55. The van der Waals surface area contributed by atoms with Crippen LogP contribution in [0.3, 0.4) is 0 Å². The SMILES string of the molecule is CCOC(=O)C1=C(C)N=c2s/c(=C\c3ccc(OC)c(OCC)c3)c(=O)n2[C@@H]1c1ccc(SC)cc1. The third-order valence-corrected chi connectivity index (χ3v) is 7.46. The van der Waals surface area contributed by atoms with E-state index in [1.807, 2.05) is 61.7 Å². The molecule has 0 fully saturated rings. The highest BCUT2D eigenvalue weighted by Crippen LogP contribution is 2.32. The minimum Gasteiger partial charge on any atom is -0.493 e. The maximum Gasteiger partial charge on any atom is 0.338 e. The summed E-state index contributed by atoms with van der Waals surface area (Å²) in [7, 11) is 1.59. The largest absolute Gasteiger partial charge is 0.493 e. The van der Waals surface area contributed by atoms with E-state index in [9.17, 15) is 9.59 Å². The number of rotatable bonds is 8. The number of aromatic nitrogens is 1. The van der Waals surface area contributed by atoms with E-state index in [1.54, 1.807) is 37.3 Å². The molecule has 1 aliphatic rings. The van der Waals surface area contributed by atoms with Gasteiger partial charge in [0.2, 0.25) is 0 Å². The van der Waals surface area contributed by atoms with Crippen LogP contribution in [-0.4, -0.2) is 37.1 Å². The van der Waals surface area contributed by atoms with Crippen LogP contribution in [-0.2, 0) is 9.53 Å². The molecule has 0 unspecified atom stereocenters. The zero-order chi connectivity index (χ0) is 25.8. The molecule has 1 aromatic heterocycles. The summed E-state index contributed by atoms with van der Waals surface area (Å²) in [5.41, 5.74) is 2.31. The van der Waals surface area contributed by atoms with Gasteiger partial charge >= 0.3 is 5.97 Å². The Morgan fingerprint density at radius 1 is 1.14 bits per heavy atom. The van der Waals surface area contributed by atoms with Crippen molar-refractivity contribution in [2.75, 3.05) is 26.6 Å². The van der Waals surface area contributed by atoms with Crippen LogP contribution in [0.4, 0.5) is 0 Å². The van der Waals surface area contributed by atoms with Crippen LogP contribution in [0.1, 0.15) is 37.9 Å². The van der Waals surface area contributed by atoms with E-state index in [4.69, 9.17) is 14.2 Å². The molecule has 188 valence electrons. The van der Waals surface area contributed by atoms with Crippen molar-refractivity contribution < 1.29 is 19.0 Å². The van der Waals surface area contributed by atoms with Crippen molar-refractivity contribution in [1.82, 2.24) is 4.57 Å². The van der Waals surface area contributed by atoms with Gasteiger partial charge in [-0.05, 0) is 68.5 Å². The molecule has 9 heteroatoms. The molecule has 36 heavy (non-hydrogen) atoms. The second-order valence-corrected chi connectivity index (χ2v) is 9.81. The Labute approximate surface area is 217 Å². The van der Waals surface area contributed by atoms with Crippen molar-refractivity contribution in [2.24, 2.45) is 4.99 Å². The maximum absolute atomic E-state index is 13.7. The number of methoxy groups -OCH3 is 1. The lowest BCUT2D eigenvalue weighted by atomic mass is 9.96. The van der Waals surface area contributed by atoms with E-state index in [0.29, 0.717) is 38.7 Å². The number of carbonyl (C=O) groups is 1. The summed E-state index contributed by atoms with van der Waals surface area (Å²) in [6.07, 6.45) is 3.81. The average molecular weight is 525 g/mol. The van der Waals surface area contributed by atoms with Gasteiger partial charge in [0.15, 0.2) is 16.3 Å². The van der Waals surface area contributed by atoms with Crippen LogP contribution in [0.15, 0.2) is 68.4 Å². The summed E-state index contributed by atoms with van der Waals surface area (Å²) in [6.45, 7) is 6.17. The summed E-state index contributed by atoms with van der Waals surface area (Å²) in [4.78, 5) is 33.0. The van der Waals surface area contributed by atoms with Gasteiger partial charge < -0.3 is 14.2 Å². The number of hydrogen-bond acceptors (Lipinski definition) is 8. The van der Waals surface area contributed by atoms with Gasteiger partial charge in [0.1, 0.15) is 0 Å². The second kappa shape index (κ2) is 11.2. The fraction of sp³-hybridized carbons (Fsp3) is 0.296. The Morgan fingerprint density at radius 2 is 1.89 bits per heavy atom. The van der Waals surface area contributed by atoms with Crippen molar-refractivity contribution in [3.63, 3.8) is 0 Å². The van der Waals surface area contributed by atoms with Crippen molar-refractivity contribution in [3.8, 4) is 11.5 Å². The van der Waals surface area contributed by atoms with Gasteiger partial charge in [-0.2, -0.15) is 0 Å². The number of ether oxygens (including phenoxy) is 3. The number of fused-ring (bicyclic) bond motifs is 1. The molecule has 0 amide bonds. The summed E-state index contributed by atoms with van der Waals surface area (Å²) >= 11 is 2.92. The molecule has 0 radical (unpaired) electrons. The van der Waals surface area contributed by atoms with Crippen LogP contribution in [0, 0.1) is 0 Å². The quantitative estimate of drug-likeness (QED) is 0.328. The summed E-state index contributed by atoms with van der Waals surface area (Å²) in [5, 5.41) is 0. The first-order valence-corrected chi connectivity index (χ1v) is 13.6. The van der Waals surface area contributed by atoms with E-state index >= 15 is 0 Å². The molecule has 3 aromatic rings. The molecule has 1 aliphatic heterocycles. The van der Waals surface area contributed by atoms with Gasteiger partial charge in [-0.1, -0.05) is 29.5 Å². The Morgan fingerprint density at radius 3 is 2.53 bits per heavy atom. The van der Waals surface area contributed by atoms with Gasteiger partial charge in [-0.25, -0.2) is 9.79 Å². The van der Waals surface area contributed by atoms with Crippen molar-refractivity contribution >= 4 is 35.1 Å². The normalized spacial score (nSPS) is 15.4. The van der Waals surface area contributed by atoms with Crippen LogP contribution < -0.4 is 24.4 Å². The number of esters is 1. The predicted octanol–water partition coefficient (Wildman–Crippen LogP) is 3.93. The molecule has 0 saturated carbocycles. The number of carbonyl (C=O) groups excluding carboxylic acids is 1. The summed E-state index contributed by atoms with van der Waals surface area (Å²) < 4.78 is 18.5. The smallest absolute Gasteiger partial charge is 0.338 e. The molecule has 4 rings (SSSR count). The highest BCUT2D eigenvalue weighted by Gasteiger charge is 2.33. The molecule has 2 heterocycles. The molecule has 0 spiro atoms. The van der Waals surface area contributed by atoms with E-state index < -0.39 is 12.0 Å². The molecule has 0 saturated heterocycles. The molecule has 0 bridgehead atoms. The van der Waals surface area contributed by atoms with Gasteiger partial charge in [-0.15, -0.1) is 11.8 Å². The topological polar surface area (TPSA) is 79.1 Å². The lowest BCUT2D eigenvalue weighted by Crippen LogP contribution is -2.39. The zero-order valence-corrected chi connectivity index (χ0v) is 22.5. The number of thioether (sulfide) groups is 1. The van der Waals surface area contributed by atoms with Crippen LogP contribution in [0.2, 0.25) is 0 Å². The van der Waals surface area contributed by atoms with Gasteiger partial charge in [-0.3, -0.25) is 9.36 Å². The molecular formula is C27H28N2O5S2. The molecule has 0 aliphatic carbocycles. The highest BCUT2D eigenvalue weighted by molar-refractivity contribution is 7.98. The predicted molar refractivity (Wildman–Crippen MR) is 143 cm³/mol. The van der Waals surface area contributed by atoms with Gasteiger partial charge in [0.05, 0.1) is 42.2 Å². The number of allylic oxidation sites excluding steroid dienone is 1. The number of thiazole rings is 1. The van der Waals surface area contributed by atoms with E-state index in [0.717, 1.165) is 16.0 Å². The molecule has 0 N–H and O–H groups in total. The van der Waals surface area contributed by atoms with E-state index in [-0.39, 0.29) is 12.2 Å². The first kappa shape index (κ1) is 25.8. The molecule has 7 nitrogen and oxygen atoms in total. The number of hydrogen-bond donors (Lipinski definition) is 0. The van der Waals surface area contributed by atoms with Crippen molar-refractivity contribution in [2.45, 2.75) is 31.7 Å². The fourth-order valence-electron chi connectivity index (χ4n) is 4.10. The summed E-state index contributed by atoms with van der Waals surface area (Å²) in [5.74, 6) is 0.760. The first-order valence-electron chi connectivity index (χ1n) is 11.6. The maximum atomic E-state index is 13.7.